The third kappa shape index (κ3) is 5.99. The summed E-state index contributed by atoms with van der Waals surface area (Å²) in [7, 11) is 1.63. The van der Waals surface area contributed by atoms with E-state index in [1.165, 1.54) is 0 Å². The van der Waals surface area contributed by atoms with Crippen molar-refractivity contribution in [3.8, 4) is 17.2 Å². The third-order valence-electron chi connectivity index (χ3n) is 3.93. The molecular weight excluding hydrogens is 330 g/mol. The Balaban J connectivity index is 1.71. The first-order valence-corrected chi connectivity index (χ1v) is 8.92. The first kappa shape index (κ1) is 19.6. The second-order valence-corrected chi connectivity index (χ2v) is 5.89. The number of carbonyl (C=O) groups excluding carboxylic acids is 1. The number of nitrogens with one attached hydrogen (secondary N) is 1. The molecule has 0 heterocycles. The molecule has 0 saturated carbocycles. The highest BCUT2D eigenvalue weighted by Gasteiger charge is 2.13. The molecule has 0 aliphatic carbocycles. The monoisotopic (exact) mass is 357 g/mol. The zero-order chi connectivity index (χ0) is 18.8. The van der Waals surface area contributed by atoms with Crippen LogP contribution in [0.15, 0.2) is 48.5 Å². The molecule has 0 aliphatic heterocycles. The second-order valence-electron chi connectivity index (χ2n) is 5.89. The highest BCUT2D eigenvalue weighted by atomic mass is 16.5. The smallest absolute Gasteiger partial charge is 0.220 e. The topological polar surface area (TPSA) is 56.8 Å². The molecule has 0 unspecified atom stereocenters. The average molecular weight is 357 g/mol. The summed E-state index contributed by atoms with van der Waals surface area (Å²) in [6.45, 7) is 5.03. The van der Waals surface area contributed by atoms with E-state index in [4.69, 9.17) is 14.2 Å². The minimum Gasteiger partial charge on any atom is -0.496 e. The van der Waals surface area contributed by atoms with Crippen molar-refractivity contribution in [1.29, 1.82) is 0 Å². The SMILES string of the molecule is CCOc1ccc(OCCCC(=O)N[C@H](C)c2ccccc2OC)cc1. The van der Waals surface area contributed by atoms with Crippen molar-refractivity contribution in [3.63, 3.8) is 0 Å². The minimum absolute atomic E-state index is 0.00120. The predicted molar refractivity (Wildman–Crippen MR) is 102 cm³/mol. The van der Waals surface area contributed by atoms with E-state index in [9.17, 15) is 4.79 Å². The number of hydrogen-bond acceptors (Lipinski definition) is 4. The van der Waals surface area contributed by atoms with Gasteiger partial charge in [0.15, 0.2) is 0 Å². The van der Waals surface area contributed by atoms with Gasteiger partial charge in [-0.15, -0.1) is 0 Å². The molecule has 2 rings (SSSR count). The zero-order valence-corrected chi connectivity index (χ0v) is 15.7. The summed E-state index contributed by atoms with van der Waals surface area (Å²) < 4.78 is 16.4. The summed E-state index contributed by atoms with van der Waals surface area (Å²) in [4.78, 5) is 12.1. The van der Waals surface area contributed by atoms with Crippen molar-refractivity contribution in [2.75, 3.05) is 20.3 Å². The van der Waals surface area contributed by atoms with Crippen LogP contribution < -0.4 is 19.5 Å². The van der Waals surface area contributed by atoms with Gasteiger partial charge in [-0.1, -0.05) is 18.2 Å². The van der Waals surface area contributed by atoms with Crippen LogP contribution in [-0.4, -0.2) is 26.2 Å². The van der Waals surface area contributed by atoms with Crippen LogP contribution in [0.5, 0.6) is 17.2 Å². The van der Waals surface area contributed by atoms with Crippen LogP contribution in [0, 0.1) is 0 Å². The normalized spacial score (nSPS) is 11.5. The predicted octanol–water partition coefficient (Wildman–Crippen LogP) is 4.13. The lowest BCUT2D eigenvalue weighted by atomic mass is 10.1. The second kappa shape index (κ2) is 10.3. The number of carbonyl (C=O) groups is 1. The van der Waals surface area contributed by atoms with E-state index in [0.29, 0.717) is 26.1 Å². The van der Waals surface area contributed by atoms with E-state index < -0.39 is 0 Å². The maximum atomic E-state index is 12.1. The van der Waals surface area contributed by atoms with Crippen LogP contribution in [0.1, 0.15) is 38.3 Å². The van der Waals surface area contributed by atoms with E-state index in [1.54, 1.807) is 7.11 Å². The number of para-hydroxylation sites is 1. The van der Waals surface area contributed by atoms with Crippen molar-refractivity contribution in [2.24, 2.45) is 0 Å². The van der Waals surface area contributed by atoms with E-state index >= 15 is 0 Å². The fourth-order valence-corrected chi connectivity index (χ4v) is 2.64. The van der Waals surface area contributed by atoms with E-state index in [0.717, 1.165) is 22.8 Å². The maximum absolute atomic E-state index is 12.1. The number of amides is 1. The van der Waals surface area contributed by atoms with Gasteiger partial charge in [-0.05, 0) is 50.6 Å². The molecule has 1 atom stereocenters. The van der Waals surface area contributed by atoms with Gasteiger partial charge in [0.2, 0.25) is 5.91 Å². The molecule has 0 saturated heterocycles. The standard InChI is InChI=1S/C21H27NO4/c1-4-25-17-11-13-18(14-12-17)26-15-7-10-21(23)22-16(2)19-8-5-6-9-20(19)24-3/h5-6,8-9,11-14,16H,4,7,10,15H2,1-3H3,(H,22,23)/t16-/m1/s1. The summed E-state index contributed by atoms with van der Waals surface area (Å²) >= 11 is 0. The fraction of sp³-hybridized carbons (Fsp3) is 0.381. The van der Waals surface area contributed by atoms with E-state index in [1.807, 2.05) is 62.4 Å². The van der Waals surface area contributed by atoms with Gasteiger partial charge in [0.1, 0.15) is 17.2 Å². The molecule has 2 aromatic rings. The molecule has 5 nitrogen and oxygen atoms in total. The van der Waals surface area contributed by atoms with Gasteiger partial charge in [0.25, 0.3) is 0 Å². The number of methoxy groups -OCH3 is 1. The number of ether oxygens (including phenoxy) is 3. The van der Waals surface area contributed by atoms with E-state index in [2.05, 4.69) is 5.32 Å². The van der Waals surface area contributed by atoms with Crippen LogP contribution in [0.4, 0.5) is 0 Å². The van der Waals surface area contributed by atoms with Gasteiger partial charge in [-0.25, -0.2) is 0 Å². The highest BCUT2D eigenvalue weighted by molar-refractivity contribution is 5.76. The number of rotatable bonds is 10. The molecule has 0 aliphatic rings. The first-order chi connectivity index (χ1) is 12.6. The van der Waals surface area contributed by atoms with Crippen molar-refractivity contribution in [1.82, 2.24) is 5.32 Å². The molecular formula is C21H27NO4. The van der Waals surface area contributed by atoms with Crippen LogP contribution in [0.2, 0.25) is 0 Å². The van der Waals surface area contributed by atoms with E-state index in [-0.39, 0.29) is 11.9 Å². The highest BCUT2D eigenvalue weighted by Crippen LogP contribution is 2.24. The number of hydrogen-bond donors (Lipinski definition) is 1. The Hall–Kier alpha value is -2.69. The maximum Gasteiger partial charge on any atom is 0.220 e. The molecule has 1 amide bonds. The Labute approximate surface area is 155 Å². The Kier molecular flexibility index (Phi) is 7.80. The molecule has 1 N–H and O–H groups in total. The summed E-state index contributed by atoms with van der Waals surface area (Å²) in [6.07, 6.45) is 1.06. The lowest BCUT2D eigenvalue weighted by molar-refractivity contribution is -0.121. The Morgan fingerprint density at radius 1 is 1.04 bits per heavy atom. The average Bonchev–Trinajstić information content (AvgIpc) is 2.66. The molecule has 140 valence electrons. The van der Waals surface area contributed by atoms with Gasteiger partial charge in [-0.2, -0.15) is 0 Å². The van der Waals surface area contributed by atoms with Crippen LogP contribution in [-0.2, 0) is 4.79 Å². The summed E-state index contributed by atoms with van der Waals surface area (Å²) in [5.74, 6) is 2.37. The zero-order valence-electron chi connectivity index (χ0n) is 15.7. The third-order valence-corrected chi connectivity index (χ3v) is 3.93. The Bertz CT molecular complexity index is 685. The summed E-state index contributed by atoms with van der Waals surface area (Å²) in [5.41, 5.74) is 0.967. The Morgan fingerprint density at radius 3 is 2.35 bits per heavy atom. The molecule has 2 aromatic carbocycles. The van der Waals surface area contributed by atoms with Crippen molar-refractivity contribution in [2.45, 2.75) is 32.7 Å². The quantitative estimate of drug-likeness (QED) is 0.650. The molecule has 0 radical (unpaired) electrons. The molecule has 5 heteroatoms. The lowest BCUT2D eigenvalue weighted by Crippen LogP contribution is -2.27. The fourth-order valence-electron chi connectivity index (χ4n) is 2.64. The van der Waals surface area contributed by atoms with Crippen molar-refractivity contribution in [3.05, 3.63) is 54.1 Å². The Morgan fingerprint density at radius 2 is 1.69 bits per heavy atom. The lowest BCUT2D eigenvalue weighted by Gasteiger charge is -2.17. The molecule has 0 aromatic heterocycles. The molecule has 0 bridgehead atoms. The van der Waals surface area contributed by atoms with Gasteiger partial charge < -0.3 is 19.5 Å². The summed E-state index contributed by atoms with van der Waals surface area (Å²) in [6, 6.07) is 15.1. The van der Waals surface area contributed by atoms with Crippen LogP contribution in [0.3, 0.4) is 0 Å². The van der Waals surface area contributed by atoms with Gasteiger partial charge in [0.05, 0.1) is 26.4 Å². The summed E-state index contributed by atoms with van der Waals surface area (Å²) in [5, 5.41) is 3.00. The molecule has 0 fully saturated rings. The largest absolute Gasteiger partial charge is 0.496 e. The molecule has 26 heavy (non-hydrogen) atoms. The minimum atomic E-state index is -0.106. The van der Waals surface area contributed by atoms with Crippen LogP contribution >= 0.6 is 0 Å². The number of benzene rings is 2. The first-order valence-electron chi connectivity index (χ1n) is 8.92. The molecule has 0 spiro atoms. The van der Waals surface area contributed by atoms with Crippen molar-refractivity contribution < 1.29 is 19.0 Å². The van der Waals surface area contributed by atoms with Crippen LogP contribution in [0.25, 0.3) is 0 Å². The van der Waals surface area contributed by atoms with Gasteiger partial charge >= 0.3 is 0 Å². The van der Waals surface area contributed by atoms with Gasteiger partial charge in [0, 0.05) is 12.0 Å². The van der Waals surface area contributed by atoms with Gasteiger partial charge in [-0.3, -0.25) is 4.79 Å². The van der Waals surface area contributed by atoms with Crippen molar-refractivity contribution >= 4 is 5.91 Å².